The van der Waals surface area contributed by atoms with Gasteiger partial charge in [0.2, 0.25) is 0 Å². The number of aryl methyl sites for hydroxylation is 2. The van der Waals surface area contributed by atoms with Gasteiger partial charge in [0.15, 0.2) is 0 Å². The molecule has 4 heteroatoms. The van der Waals surface area contributed by atoms with Crippen LogP contribution in [0.2, 0.25) is 0 Å². The summed E-state index contributed by atoms with van der Waals surface area (Å²) in [5, 5.41) is 3.28. The van der Waals surface area contributed by atoms with Crippen molar-refractivity contribution in [2.24, 2.45) is 0 Å². The number of hydrogen-bond acceptors (Lipinski definition) is 2. The van der Waals surface area contributed by atoms with E-state index in [1.165, 1.54) is 0 Å². The van der Waals surface area contributed by atoms with Crippen molar-refractivity contribution in [1.29, 1.82) is 0 Å². The number of hydrogen-bond donors (Lipinski definition) is 1. The fourth-order valence-corrected chi connectivity index (χ4v) is 1.74. The third kappa shape index (κ3) is 3.85. The first kappa shape index (κ1) is 13.0. The normalized spacial score (nSPS) is 10.9. The average molecular weight is 225 g/mol. The van der Waals surface area contributed by atoms with Gasteiger partial charge < -0.3 is 5.32 Å². The molecule has 0 aliphatic rings. The summed E-state index contributed by atoms with van der Waals surface area (Å²) >= 11 is 0. The van der Waals surface area contributed by atoms with E-state index in [9.17, 15) is 4.79 Å². The topological polar surface area (TPSA) is 39.0 Å². The molecule has 0 unspecified atom stereocenters. The van der Waals surface area contributed by atoms with E-state index in [-0.39, 0.29) is 5.69 Å². The van der Waals surface area contributed by atoms with E-state index in [0.717, 1.165) is 45.4 Å². The molecular weight excluding hydrogens is 202 g/mol. The first-order valence-electron chi connectivity index (χ1n) is 6.25. The van der Waals surface area contributed by atoms with E-state index in [4.69, 9.17) is 0 Å². The lowest BCUT2D eigenvalue weighted by molar-refractivity contribution is 0.549. The maximum Gasteiger partial charge on any atom is 0.328 e. The fourth-order valence-electron chi connectivity index (χ4n) is 1.74. The Labute approximate surface area is 97.3 Å². The quantitative estimate of drug-likeness (QED) is 0.680. The molecule has 0 radical (unpaired) electrons. The molecule has 1 heterocycles. The van der Waals surface area contributed by atoms with Crippen molar-refractivity contribution in [3.63, 3.8) is 0 Å². The predicted octanol–water partition coefficient (Wildman–Crippen LogP) is 1.45. The van der Waals surface area contributed by atoms with Crippen molar-refractivity contribution in [3.05, 3.63) is 22.9 Å². The van der Waals surface area contributed by atoms with Gasteiger partial charge in [-0.25, -0.2) is 4.79 Å². The van der Waals surface area contributed by atoms with Crippen LogP contribution >= 0.6 is 0 Å². The molecule has 0 amide bonds. The van der Waals surface area contributed by atoms with Crippen molar-refractivity contribution in [2.45, 2.75) is 46.2 Å². The number of nitrogens with one attached hydrogen (secondary N) is 1. The van der Waals surface area contributed by atoms with E-state index in [1.807, 2.05) is 17.0 Å². The van der Waals surface area contributed by atoms with Crippen LogP contribution in [0, 0.1) is 0 Å². The second kappa shape index (κ2) is 7.28. The Kier molecular flexibility index (Phi) is 5.93. The third-order valence-corrected chi connectivity index (χ3v) is 2.64. The lowest BCUT2D eigenvalue weighted by atomic mass is 10.3. The van der Waals surface area contributed by atoms with E-state index in [2.05, 4.69) is 19.2 Å². The summed E-state index contributed by atoms with van der Waals surface area (Å²) in [6, 6.07) is 0. The Bertz CT molecular complexity index is 340. The molecule has 0 aliphatic carbocycles. The predicted molar refractivity (Wildman–Crippen MR) is 66.8 cm³/mol. The largest absolute Gasteiger partial charge is 0.328 e. The molecule has 0 aromatic carbocycles. The van der Waals surface area contributed by atoms with Crippen LogP contribution in [-0.4, -0.2) is 22.2 Å². The van der Waals surface area contributed by atoms with Crippen LogP contribution in [-0.2, 0) is 13.1 Å². The number of imidazole rings is 1. The molecule has 92 valence electrons. The molecule has 0 saturated heterocycles. The van der Waals surface area contributed by atoms with Gasteiger partial charge in [-0.2, -0.15) is 0 Å². The van der Waals surface area contributed by atoms with E-state index >= 15 is 0 Å². The molecule has 0 aliphatic heterocycles. The monoisotopic (exact) mass is 225 g/mol. The zero-order valence-electron chi connectivity index (χ0n) is 10.4. The van der Waals surface area contributed by atoms with Crippen molar-refractivity contribution < 1.29 is 0 Å². The number of rotatable bonds is 8. The minimum Gasteiger partial charge on any atom is -0.317 e. The summed E-state index contributed by atoms with van der Waals surface area (Å²) in [4.78, 5) is 11.8. The van der Waals surface area contributed by atoms with Gasteiger partial charge in [-0.3, -0.25) is 9.13 Å². The highest BCUT2D eigenvalue weighted by molar-refractivity contribution is 4.81. The Balaban J connectivity index is 2.34. The lowest BCUT2D eigenvalue weighted by Gasteiger charge is -2.02. The van der Waals surface area contributed by atoms with Gasteiger partial charge in [0, 0.05) is 25.5 Å². The fraction of sp³-hybridized carbons (Fsp3) is 0.750. The zero-order chi connectivity index (χ0) is 11.8. The molecule has 16 heavy (non-hydrogen) atoms. The summed E-state index contributed by atoms with van der Waals surface area (Å²) in [5.74, 6) is 0. The van der Waals surface area contributed by atoms with Crippen LogP contribution in [0.5, 0.6) is 0 Å². The van der Waals surface area contributed by atoms with Crippen molar-refractivity contribution in [3.8, 4) is 0 Å². The minimum atomic E-state index is 0.130. The van der Waals surface area contributed by atoms with Gasteiger partial charge >= 0.3 is 5.69 Å². The summed E-state index contributed by atoms with van der Waals surface area (Å²) in [6.07, 6.45) is 6.97. The van der Waals surface area contributed by atoms with E-state index < -0.39 is 0 Å². The maximum atomic E-state index is 11.8. The number of nitrogens with zero attached hydrogens (tertiary/aromatic N) is 2. The Morgan fingerprint density at radius 3 is 2.44 bits per heavy atom. The second-order valence-corrected chi connectivity index (χ2v) is 4.03. The van der Waals surface area contributed by atoms with E-state index in [1.54, 1.807) is 4.57 Å². The lowest BCUT2D eigenvalue weighted by Crippen LogP contribution is -2.24. The molecule has 1 aromatic rings. The molecule has 0 fully saturated rings. The summed E-state index contributed by atoms with van der Waals surface area (Å²) in [5.41, 5.74) is 0.130. The average Bonchev–Trinajstić information content (AvgIpc) is 2.62. The van der Waals surface area contributed by atoms with Gasteiger partial charge in [-0.05, 0) is 32.4 Å². The first-order valence-corrected chi connectivity index (χ1v) is 6.25. The van der Waals surface area contributed by atoms with Crippen LogP contribution in [0.15, 0.2) is 17.2 Å². The maximum absolute atomic E-state index is 11.8. The SMILES string of the molecule is CCCn1ccn(CCCCNCC)c1=O. The molecule has 1 aromatic heterocycles. The molecule has 4 nitrogen and oxygen atoms in total. The Morgan fingerprint density at radius 1 is 1.12 bits per heavy atom. The van der Waals surface area contributed by atoms with Gasteiger partial charge in [-0.1, -0.05) is 13.8 Å². The molecular formula is C12H23N3O. The number of unbranched alkanes of at least 4 members (excludes halogenated alkanes) is 1. The summed E-state index contributed by atoms with van der Waals surface area (Å²) in [6.45, 7) is 7.91. The van der Waals surface area contributed by atoms with Crippen molar-refractivity contribution in [1.82, 2.24) is 14.5 Å². The Morgan fingerprint density at radius 2 is 1.81 bits per heavy atom. The third-order valence-electron chi connectivity index (χ3n) is 2.64. The second-order valence-electron chi connectivity index (χ2n) is 4.03. The summed E-state index contributed by atoms with van der Waals surface area (Å²) in [7, 11) is 0. The highest BCUT2D eigenvalue weighted by Gasteiger charge is 2.01. The van der Waals surface area contributed by atoms with Crippen LogP contribution in [0.25, 0.3) is 0 Å². The number of aromatic nitrogens is 2. The smallest absolute Gasteiger partial charge is 0.317 e. The summed E-state index contributed by atoms with van der Waals surface area (Å²) < 4.78 is 3.59. The molecule has 0 bridgehead atoms. The molecule has 0 spiro atoms. The molecule has 0 atom stereocenters. The zero-order valence-corrected chi connectivity index (χ0v) is 10.4. The highest BCUT2D eigenvalue weighted by Crippen LogP contribution is 1.94. The Hall–Kier alpha value is -1.03. The minimum absolute atomic E-state index is 0.130. The molecule has 0 saturated carbocycles. The first-order chi connectivity index (χ1) is 7.79. The van der Waals surface area contributed by atoms with Gasteiger partial charge in [0.1, 0.15) is 0 Å². The van der Waals surface area contributed by atoms with Gasteiger partial charge in [0.05, 0.1) is 0 Å². The van der Waals surface area contributed by atoms with Crippen molar-refractivity contribution in [2.75, 3.05) is 13.1 Å². The van der Waals surface area contributed by atoms with Crippen molar-refractivity contribution >= 4 is 0 Å². The van der Waals surface area contributed by atoms with Gasteiger partial charge in [0.25, 0.3) is 0 Å². The van der Waals surface area contributed by atoms with Crippen LogP contribution in [0.4, 0.5) is 0 Å². The van der Waals surface area contributed by atoms with Crippen LogP contribution in [0.1, 0.15) is 33.1 Å². The molecule has 1 N–H and O–H groups in total. The van der Waals surface area contributed by atoms with Gasteiger partial charge in [-0.15, -0.1) is 0 Å². The highest BCUT2D eigenvalue weighted by atomic mass is 16.1. The van der Waals surface area contributed by atoms with Crippen LogP contribution < -0.4 is 11.0 Å². The van der Waals surface area contributed by atoms with E-state index in [0.29, 0.717) is 0 Å². The van der Waals surface area contributed by atoms with Crippen LogP contribution in [0.3, 0.4) is 0 Å². The standard InChI is InChI=1S/C12H23N3O/c1-3-8-14-10-11-15(12(14)16)9-6-5-7-13-4-2/h10-11,13H,3-9H2,1-2H3. The molecule has 1 rings (SSSR count).